The molecule has 0 aliphatic carbocycles. The van der Waals surface area contributed by atoms with Crippen LogP contribution in [0.15, 0.2) is 89.2 Å². The molecule has 0 saturated carbocycles. The molecule has 0 bridgehead atoms. The summed E-state index contributed by atoms with van der Waals surface area (Å²) >= 11 is 0. The number of fused-ring (bicyclic) bond motifs is 1. The van der Waals surface area contributed by atoms with Crippen LogP contribution in [0.4, 0.5) is 0 Å². The number of pyridine rings is 1. The molecule has 0 aliphatic heterocycles. The van der Waals surface area contributed by atoms with E-state index < -0.39 is 0 Å². The Kier molecular flexibility index (Phi) is 4.84. The van der Waals surface area contributed by atoms with Crippen LogP contribution >= 0.6 is 0 Å². The fraction of sp³-hybridized carbons (Fsp3) is 0.125. The van der Waals surface area contributed by atoms with Crippen molar-refractivity contribution in [3.63, 3.8) is 0 Å². The molecule has 0 saturated heterocycles. The van der Waals surface area contributed by atoms with Gasteiger partial charge in [0.2, 0.25) is 0 Å². The number of nitrogens with zero attached hydrogens (tertiary/aromatic N) is 4. The van der Waals surface area contributed by atoms with Gasteiger partial charge in [-0.2, -0.15) is 0 Å². The Morgan fingerprint density at radius 3 is 2.81 bits per heavy atom. The lowest BCUT2D eigenvalue weighted by atomic mass is 10.0. The van der Waals surface area contributed by atoms with Crippen LogP contribution in [0, 0.1) is 0 Å². The highest BCUT2D eigenvalue weighted by Gasteiger charge is 2.15. The minimum absolute atomic E-state index is 0.0554. The average molecular weight is 412 g/mol. The molecule has 154 valence electrons. The molecule has 5 rings (SSSR count). The van der Waals surface area contributed by atoms with Gasteiger partial charge >= 0.3 is 0 Å². The molecule has 7 heteroatoms. The van der Waals surface area contributed by atoms with Crippen molar-refractivity contribution >= 4 is 10.9 Å². The Morgan fingerprint density at radius 2 is 2.00 bits per heavy atom. The fourth-order valence-electron chi connectivity index (χ4n) is 3.69. The molecule has 5 aromatic rings. The maximum Gasteiger partial charge on any atom is 0.197 e. The molecule has 2 aromatic carbocycles. The summed E-state index contributed by atoms with van der Waals surface area (Å²) in [6, 6.07) is 13.3. The quantitative estimate of drug-likeness (QED) is 0.419. The first-order chi connectivity index (χ1) is 15.2. The highest BCUT2D eigenvalue weighted by Crippen LogP contribution is 2.30. The maximum atomic E-state index is 13.5. The normalized spacial score (nSPS) is 11.1. The first-order valence-corrected chi connectivity index (χ1v) is 9.91. The van der Waals surface area contributed by atoms with E-state index in [9.17, 15) is 4.79 Å². The third-order valence-electron chi connectivity index (χ3n) is 5.25. The fourth-order valence-corrected chi connectivity index (χ4v) is 3.69. The summed E-state index contributed by atoms with van der Waals surface area (Å²) in [6.07, 6.45) is 10.3. The van der Waals surface area contributed by atoms with Crippen LogP contribution in [-0.2, 0) is 13.6 Å². The van der Waals surface area contributed by atoms with Crippen LogP contribution < -0.4 is 10.2 Å². The number of ether oxygens (including phenoxy) is 1. The molecule has 0 unspecified atom stereocenters. The van der Waals surface area contributed by atoms with Gasteiger partial charge in [0.25, 0.3) is 0 Å². The SMILES string of the molecule is Cn1cc(-c2ccccc2OCCn2ccnc2)c(=O)c2cc(-c3cnco3)ccc21. The number of rotatable bonds is 6. The van der Waals surface area contributed by atoms with Crippen molar-refractivity contribution in [1.29, 1.82) is 0 Å². The monoisotopic (exact) mass is 412 g/mol. The second-order valence-electron chi connectivity index (χ2n) is 7.23. The Labute approximate surface area is 178 Å². The van der Waals surface area contributed by atoms with E-state index in [1.165, 1.54) is 6.39 Å². The average Bonchev–Trinajstić information content (AvgIpc) is 3.51. The van der Waals surface area contributed by atoms with Gasteiger partial charge < -0.3 is 18.3 Å². The molecule has 0 atom stereocenters. The van der Waals surface area contributed by atoms with Crippen molar-refractivity contribution < 1.29 is 9.15 Å². The largest absolute Gasteiger partial charge is 0.491 e. The number of imidazole rings is 1. The van der Waals surface area contributed by atoms with Gasteiger partial charge in [-0.3, -0.25) is 4.79 Å². The molecule has 3 heterocycles. The van der Waals surface area contributed by atoms with Crippen molar-refractivity contribution in [3.8, 4) is 28.2 Å². The number of hydrogen-bond acceptors (Lipinski definition) is 5. The zero-order valence-electron chi connectivity index (χ0n) is 16.9. The van der Waals surface area contributed by atoms with Crippen molar-refractivity contribution in [2.24, 2.45) is 7.05 Å². The third kappa shape index (κ3) is 3.61. The van der Waals surface area contributed by atoms with Gasteiger partial charge in [0.05, 0.1) is 24.6 Å². The molecule has 0 spiro atoms. The predicted molar refractivity (Wildman–Crippen MR) is 118 cm³/mol. The van der Waals surface area contributed by atoms with Gasteiger partial charge in [0.15, 0.2) is 17.6 Å². The molecule has 7 nitrogen and oxygen atoms in total. The van der Waals surface area contributed by atoms with Crippen LogP contribution in [0.1, 0.15) is 0 Å². The minimum atomic E-state index is -0.0554. The molecular formula is C24H20N4O3. The summed E-state index contributed by atoms with van der Waals surface area (Å²) in [6.45, 7) is 1.14. The summed E-state index contributed by atoms with van der Waals surface area (Å²) in [5, 5.41) is 0.613. The molecule has 0 N–H and O–H groups in total. The number of aryl methyl sites for hydroxylation is 1. The molecular weight excluding hydrogens is 392 g/mol. The number of para-hydroxylation sites is 1. The van der Waals surface area contributed by atoms with E-state index in [2.05, 4.69) is 9.97 Å². The van der Waals surface area contributed by atoms with E-state index >= 15 is 0 Å². The smallest absolute Gasteiger partial charge is 0.197 e. The molecule has 3 aromatic heterocycles. The van der Waals surface area contributed by atoms with Crippen LogP contribution in [0.3, 0.4) is 0 Å². The first-order valence-electron chi connectivity index (χ1n) is 9.91. The van der Waals surface area contributed by atoms with Crippen LogP contribution in [0.25, 0.3) is 33.4 Å². The van der Waals surface area contributed by atoms with E-state index in [1.807, 2.05) is 71.0 Å². The molecule has 0 radical (unpaired) electrons. The Hall–Kier alpha value is -4.13. The highest BCUT2D eigenvalue weighted by atomic mass is 16.5. The van der Waals surface area contributed by atoms with Gasteiger partial charge in [-0.15, -0.1) is 0 Å². The number of benzene rings is 2. The summed E-state index contributed by atoms with van der Waals surface area (Å²) in [7, 11) is 1.93. The van der Waals surface area contributed by atoms with Gasteiger partial charge in [0, 0.05) is 47.7 Å². The Morgan fingerprint density at radius 1 is 1.10 bits per heavy atom. The number of oxazole rings is 1. The van der Waals surface area contributed by atoms with Crippen molar-refractivity contribution in [2.75, 3.05) is 6.61 Å². The molecule has 0 aliphatic rings. The van der Waals surface area contributed by atoms with E-state index in [0.717, 1.165) is 16.6 Å². The van der Waals surface area contributed by atoms with Gasteiger partial charge in [-0.05, 0) is 24.3 Å². The zero-order valence-corrected chi connectivity index (χ0v) is 16.9. The third-order valence-corrected chi connectivity index (χ3v) is 5.25. The lowest BCUT2D eigenvalue weighted by molar-refractivity contribution is 0.299. The number of hydrogen-bond donors (Lipinski definition) is 0. The summed E-state index contributed by atoms with van der Waals surface area (Å²) in [4.78, 5) is 21.5. The minimum Gasteiger partial charge on any atom is -0.491 e. The zero-order chi connectivity index (χ0) is 21.2. The summed E-state index contributed by atoms with van der Waals surface area (Å²) < 4.78 is 15.3. The molecule has 0 amide bonds. The van der Waals surface area contributed by atoms with Crippen LogP contribution in [0.5, 0.6) is 5.75 Å². The Balaban J connectivity index is 1.55. The lowest BCUT2D eigenvalue weighted by Crippen LogP contribution is -2.12. The second-order valence-corrected chi connectivity index (χ2v) is 7.23. The van der Waals surface area contributed by atoms with Crippen molar-refractivity contribution in [2.45, 2.75) is 6.54 Å². The first kappa shape index (κ1) is 18.9. The van der Waals surface area contributed by atoms with Gasteiger partial charge in [0.1, 0.15) is 12.4 Å². The summed E-state index contributed by atoms with van der Waals surface area (Å²) in [5.74, 6) is 1.29. The van der Waals surface area contributed by atoms with Crippen LogP contribution in [0.2, 0.25) is 0 Å². The second kappa shape index (κ2) is 7.95. The lowest BCUT2D eigenvalue weighted by Gasteiger charge is -2.14. The van der Waals surface area contributed by atoms with Gasteiger partial charge in [-0.1, -0.05) is 18.2 Å². The molecule has 31 heavy (non-hydrogen) atoms. The van der Waals surface area contributed by atoms with E-state index in [-0.39, 0.29) is 5.43 Å². The van der Waals surface area contributed by atoms with Gasteiger partial charge in [-0.25, -0.2) is 9.97 Å². The summed E-state index contributed by atoms with van der Waals surface area (Å²) in [5.41, 5.74) is 2.95. The van der Waals surface area contributed by atoms with Crippen molar-refractivity contribution in [1.82, 2.24) is 19.1 Å². The Bertz CT molecular complexity index is 1390. The number of aromatic nitrogens is 4. The standard InChI is InChI=1S/C24H20N4O3/c1-27-14-20(18-4-2-3-5-22(18)30-11-10-28-9-8-25-15-28)24(29)19-12-17(6-7-21(19)27)23-13-26-16-31-23/h2-9,12-16H,10-11H2,1H3. The van der Waals surface area contributed by atoms with Crippen LogP contribution in [-0.4, -0.2) is 25.7 Å². The van der Waals surface area contributed by atoms with E-state index in [1.54, 1.807) is 18.7 Å². The highest BCUT2D eigenvalue weighted by molar-refractivity contribution is 5.88. The van der Waals surface area contributed by atoms with E-state index in [0.29, 0.717) is 35.6 Å². The van der Waals surface area contributed by atoms with Crippen molar-refractivity contribution in [3.05, 3.63) is 90.2 Å². The topological polar surface area (TPSA) is 75.1 Å². The molecule has 0 fully saturated rings. The predicted octanol–water partition coefficient (Wildman–Crippen LogP) is 4.14. The maximum absolute atomic E-state index is 13.5. The van der Waals surface area contributed by atoms with E-state index in [4.69, 9.17) is 9.15 Å².